The molecule has 0 bridgehead atoms. The average molecular weight is 276 g/mol. The minimum atomic E-state index is 0.192. The number of hydrogen-bond donors (Lipinski definition) is 1. The van der Waals surface area contributed by atoms with Crippen molar-refractivity contribution in [3.05, 3.63) is 35.4 Å². The van der Waals surface area contributed by atoms with Crippen LogP contribution in [0, 0.1) is 6.92 Å². The molecule has 20 heavy (non-hydrogen) atoms. The zero-order chi connectivity index (χ0) is 14.4. The van der Waals surface area contributed by atoms with Gasteiger partial charge in [0.25, 0.3) is 0 Å². The second-order valence-electron chi connectivity index (χ2n) is 5.40. The molecule has 0 spiro atoms. The molecule has 4 nitrogen and oxygen atoms in total. The Kier molecular flexibility index (Phi) is 5.56. The van der Waals surface area contributed by atoms with Gasteiger partial charge in [-0.1, -0.05) is 24.3 Å². The van der Waals surface area contributed by atoms with Crippen molar-refractivity contribution in [2.75, 3.05) is 39.3 Å². The summed E-state index contributed by atoms with van der Waals surface area (Å²) in [5, 5.41) is 8.99. The third-order valence-corrected chi connectivity index (χ3v) is 3.96. The monoisotopic (exact) mass is 276 g/mol. The van der Waals surface area contributed by atoms with Crippen molar-refractivity contribution in [3.8, 4) is 0 Å². The highest BCUT2D eigenvalue weighted by Crippen LogP contribution is 2.11. The third-order valence-electron chi connectivity index (χ3n) is 3.96. The number of aliphatic hydroxyl groups excluding tert-OH is 1. The Morgan fingerprint density at radius 3 is 2.75 bits per heavy atom. The summed E-state index contributed by atoms with van der Waals surface area (Å²) in [6.07, 6.45) is 1.48. The first kappa shape index (κ1) is 15.0. The number of hydrogen-bond acceptors (Lipinski definition) is 3. The zero-order valence-corrected chi connectivity index (χ0v) is 12.2. The van der Waals surface area contributed by atoms with Crippen LogP contribution in [0.1, 0.15) is 17.5 Å². The predicted molar refractivity (Wildman–Crippen MR) is 79.6 cm³/mol. The molecule has 2 rings (SSSR count). The normalized spacial score (nSPS) is 17.0. The summed E-state index contributed by atoms with van der Waals surface area (Å²) in [6.45, 7) is 6.37. The van der Waals surface area contributed by atoms with Crippen LogP contribution in [0.4, 0.5) is 0 Å². The first-order valence-corrected chi connectivity index (χ1v) is 7.36. The number of carbonyl (C=O) groups is 1. The number of nitrogens with zero attached hydrogens (tertiary/aromatic N) is 2. The van der Waals surface area contributed by atoms with Gasteiger partial charge in [0.15, 0.2) is 0 Å². The van der Waals surface area contributed by atoms with Crippen molar-refractivity contribution in [3.63, 3.8) is 0 Å². The van der Waals surface area contributed by atoms with Crippen LogP contribution in [0.25, 0.3) is 0 Å². The predicted octanol–water partition coefficient (Wildman–Crippen LogP) is 1.06. The van der Waals surface area contributed by atoms with Gasteiger partial charge in [-0.05, 0) is 31.0 Å². The second-order valence-corrected chi connectivity index (χ2v) is 5.40. The van der Waals surface area contributed by atoms with Gasteiger partial charge < -0.3 is 10.0 Å². The molecule has 1 saturated heterocycles. The van der Waals surface area contributed by atoms with Gasteiger partial charge in [-0.2, -0.15) is 0 Å². The summed E-state index contributed by atoms with van der Waals surface area (Å²) in [5.41, 5.74) is 2.30. The van der Waals surface area contributed by atoms with Crippen LogP contribution >= 0.6 is 0 Å². The molecule has 1 N–H and O–H groups in total. The van der Waals surface area contributed by atoms with Crippen molar-refractivity contribution >= 4 is 5.91 Å². The first-order chi connectivity index (χ1) is 9.70. The van der Waals surface area contributed by atoms with E-state index in [1.807, 2.05) is 36.1 Å². The Hall–Kier alpha value is -1.39. The van der Waals surface area contributed by atoms with Gasteiger partial charge in [0, 0.05) is 26.2 Å². The van der Waals surface area contributed by atoms with E-state index in [1.54, 1.807) is 0 Å². The van der Waals surface area contributed by atoms with Crippen molar-refractivity contribution in [1.29, 1.82) is 0 Å². The Balaban J connectivity index is 1.91. The van der Waals surface area contributed by atoms with E-state index in [0.717, 1.165) is 38.2 Å². The summed E-state index contributed by atoms with van der Waals surface area (Å²) in [7, 11) is 0. The Morgan fingerprint density at radius 1 is 1.20 bits per heavy atom. The summed E-state index contributed by atoms with van der Waals surface area (Å²) < 4.78 is 0. The fourth-order valence-electron chi connectivity index (χ4n) is 2.67. The number of β-amino-alcohol motifs (C(OH)–C–C–N with tert-alkyl or cyclic N) is 1. The van der Waals surface area contributed by atoms with Crippen LogP contribution in [-0.4, -0.2) is 60.1 Å². The fourth-order valence-corrected chi connectivity index (χ4v) is 2.67. The van der Waals surface area contributed by atoms with Gasteiger partial charge >= 0.3 is 0 Å². The van der Waals surface area contributed by atoms with Crippen molar-refractivity contribution in [2.45, 2.75) is 19.8 Å². The quantitative estimate of drug-likeness (QED) is 0.894. The Morgan fingerprint density at radius 2 is 2.00 bits per heavy atom. The summed E-state index contributed by atoms with van der Waals surface area (Å²) in [6, 6.07) is 8.07. The maximum absolute atomic E-state index is 12.4. The number of aliphatic hydroxyl groups is 1. The number of benzene rings is 1. The average Bonchev–Trinajstić information content (AvgIpc) is 2.67. The number of rotatable bonds is 4. The fraction of sp³-hybridized carbons (Fsp3) is 0.562. The lowest BCUT2D eigenvalue weighted by molar-refractivity contribution is -0.130. The first-order valence-electron chi connectivity index (χ1n) is 7.36. The molecule has 1 amide bonds. The summed E-state index contributed by atoms with van der Waals surface area (Å²) in [4.78, 5) is 16.6. The largest absolute Gasteiger partial charge is 0.395 e. The molecule has 1 fully saturated rings. The van der Waals surface area contributed by atoms with Gasteiger partial charge in [0.2, 0.25) is 5.91 Å². The molecule has 1 aromatic carbocycles. The van der Waals surface area contributed by atoms with Gasteiger partial charge in [0.1, 0.15) is 0 Å². The molecule has 4 heteroatoms. The maximum Gasteiger partial charge on any atom is 0.227 e. The second kappa shape index (κ2) is 7.41. The molecule has 1 aliphatic heterocycles. The van der Waals surface area contributed by atoms with E-state index < -0.39 is 0 Å². The van der Waals surface area contributed by atoms with E-state index in [2.05, 4.69) is 4.90 Å². The van der Waals surface area contributed by atoms with Crippen LogP contribution in [0.2, 0.25) is 0 Å². The van der Waals surface area contributed by atoms with E-state index in [4.69, 9.17) is 5.11 Å². The van der Waals surface area contributed by atoms with Gasteiger partial charge in [-0.15, -0.1) is 0 Å². The molecule has 1 aromatic rings. The van der Waals surface area contributed by atoms with Crippen LogP contribution in [0.5, 0.6) is 0 Å². The van der Waals surface area contributed by atoms with E-state index in [0.29, 0.717) is 13.0 Å². The highest BCUT2D eigenvalue weighted by molar-refractivity contribution is 5.79. The van der Waals surface area contributed by atoms with Crippen LogP contribution in [0.15, 0.2) is 24.3 Å². The molecule has 0 saturated carbocycles. The molecule has 1 heterocycles. The lowest BCUT2D eigenvalue weighted by atomic mass is 10.1. The van der Waals surface area contributed by atoms with Gasteiger partial charge in [0.05, 0.1) is 13.0 Å². The van der Waals surface area contributed by atoms with E-state index in [9.17, 15) is 4.79 Å². The van der Waals surface area contributed by atoms with E-state index >= 15 is 0 Å². The zero-order valence-electron chi connectivity index (χ0n) is 12.2. The molecule has 0 aromatic heterocycles. The van der Waals surface area contributed by atoms with Crippen LogP contribution in [0.3, 0.4) is 0 Å². The van der Waals surface area contributed by atoms with E-state index in [-0.39, 0.29) is 12.5 Å². The van der Waals surface area contributed by atoms with Crippen LogP contribution in [-0.2, 0) is 11.2 Å². The Bertz CT molecular complexity index is 448. The van der Waals surface area contributed by atoms with Crippen molar-refractivity contribution in [2.24, 2.45) is 0 Å². The molecular weight excluding hydrogens is 252 g/mol. The molecular formula is C16H24N2O2. The van der Waals surface area contributed by atoms with Gasteiger partial charge in [-0.3, -0.25) is 9.69 Å². The summed E-state index contributed by atoms with van der Waals surface area (Å²) >= 11 is 0. The maximum atomic E-state index is 12.4. The number of aryl methyl sites for hydroxylation is 1. The third kappa shape index (κ3) is 4.05. The molecule has 110 valence electrons. The highest BCUT2D eigenvalue weighted by atomic mass is 16.3. The summed E-state index contributed by atoms with van der Waals surface area (Å²) in [5.74, 6) is 0.213. The van der Waals surface area contributed by atoms with Gasteiger partial charge in [-0.25, -0.2) is 0 Å². The van der Waals surface area contributed by atoms with Crippen LogP contribution < -0.4 is 0 Å². The minimum absolute atomic E-state index is 0.192. The molecule has 0 radical (unpaired) electrons. The number of amides is 1. The molecule has 0 aliphatic carbocycles. The topological polar surface area (TPSA) is 43.8 Å². The number of carbonyl (C=O) groups excluding carboxylic acids is 1. The standard InChI is InChI=1S/C16H24N2O2/c1-14-5-2-3-6-15(14)13-16(20)18-8-4-7-17(9-10-18)11-12-19/h2-3,5-6,19H,4,7-13H2,1H3. The lowest BCUT2D eigenvalue weighted by Crippen LogP contribution is -2.36. The van der Waals surface area contributed by atoms with E-state index in [1.165, 1.54) is 5.56 Å². The Labute approximate surface area is 121 Å². The van der Waals surface area contributed by atoms with Crippen molar-refractivity contribution in [1.82, 2.24) is 9.80 Å². The lowest BCUT2D eigenvalue weighted by Gasteiger charge is -2.22. The molecule has 0 atom stereocenters. The smallest absolute Gasteiger partial charge is 0.227 e. The molecule has 1 aliphatic rings. The minimum Gasteiger partial charge on any atom is -0.395 e. The molecule has 0 unspecified atom stereocenters. The highest BCUT2D eigenvalue weighted by Gasteiger charge is 2.19. The van der Waals surface area contributed by atoms with Crippen molar-refractivity contribution < 1.29 is 9.90 Å². The SMILES string of the molecule is Cc1ccccc1CC(=O)N1CCCN(CCO)CC1.